The van der Waals surface area contributed by atoms with Gasteiger partial charge >= 0.3 is 0 Å². The first-order chi connectivity index (χ1) is 11.1. The molecule has 0 unspecified atom stereocenters. The molecule has 114 valence electrons. The summed E-state index contributed by atoms with van der Waals surface area (Å²) in [7, 11) is 0. The first-order valence-electron chi connectivity index (χ1n) is 7.03. The van der Waals surface area contributed by atoms with Crippen molar-refractivity contribution in [2.24, 2.45) is 0 Å². The summed E-state index contributed by atoms with van der Waals surface area (Å²) < 4.78 is 5.66. The lowest BCUT2D eigenvalue weighted by Crippen LogP contribution is -2.01. The number of hydrogen-bond donors (Lipinski definition) is 2. The number of ketones is 1. The Bertz CT molecular complexity index is 824. The molecule has 23 heavy (non-hydrogen) atoms. The van der Waals surface area contributed by atoms with Gasteiger partial charge in [-0.15, -0.1) is 0 Å². The van der Waals surface area contributed by atoms with Gasteiger partial charge in [0.25, 0.3) is 0 Å². The lowest BCUT2D eigenvalue weighted by molar-refractivity contribution is 0.103. The number of phenols is 2. The van der Waals surface area contributed by atoms with Gasteiger partial charge in [0.1, 0.15) is 23.0 Å². The Morgan fingerprint density at radius 2 is 1.43 bits per heavy atom. The highest BCUT2D eigenvalue weighted by atomic mass is 16.5. The van der Waals surface area contributed by atoms with Gasteiger partial charge in [0.05, 0.1) is 5.56 Å². The van der Waals surface area contributed by atoms with E-state index in [2.05, 4.69) is 0 Å². The number of benzene rings is 3. The van der Waals surface area contributed by atoms with E-state index in [4.69, 9.17) is 4.74 Å². The third-order valence-electron chi connectivity index (χ3n) is 3.32. The fraction of sp³-hybridized carbons (Fsp3) is 0. The van der Waals surface area contributed by atoms with E-state index in [9.17, 15) is 15.0 Å². The summed E-state index contributed by atoms with van der Waals surface area (Å²) in [6.07, 6.45) is 0. The van der Waals surface area contributed by atoms with Gasteiger partial charge in [-0.1, -0.05) is 18.2 Å². The number of aromatic hydroxyl groups is 2. The molecular weight excluding hydrogens is 292 g/mol. The van der Waals surface area contributed by atoms with Crippen molar-refractivity contribution in [1.82, 2.24) is 0 Å². The van der Waals surface area contributed by atoms with Gasteiger partial charge in [-0.3, -0.25) is 4.79 Å². The van der Waals surface area contributed by atoms with Gasteiger partial charge in [0.15, 0.2) is 5.78 Å². The minimum absolute atomic E-state index is 0.0572. The van der Waals surface area contributed by atoms with Crippen LogP contribution in [-0.4, -0.2) is 16.0 Å². The van der Waals surface area contributed by atoms with Crippen LogP contribution >= 0.6 is 0 Å². The Balaban J connectivity index is 1.82. The Kier molecular flexibility index (Phi) is 3.97. The number of rotatable bonds is 4. The summed E-state index contributed by atoms with van der Waals surface area (Å²) >= 11 is 0. The average Bonchev–Trinajstić information content (AvgIpc) is 2.58. The van der Waals surface area contributed by atoms with Crippen molar-refractivity contribution >= 4 is 5.78 Å². The maximum atomic E-state index is 12.4. The van der Waals surface area contributed by atoms with Crippen molar-refractivity contribution in [2.45, 2.75) is 0 Å². The summed E-state index contributed by atoms with van der Waals surface area (Å²) in [5, 5.41) is 19.2. The van der Waals surface area contributed by atoms with Crippen molar-refractivity contribution in [2.75, 3.05) is 0 Å². The quantitative estimate of drug-likeness (QED) is 0.562. The molecule has 3 aromatic carbocycles. The minimum Gasteiger partial charge on any atom is -0.508 e. The second kappa shape index (κ2) is 6.23. The Hall–Kier alpha value is -3.27. The summed E-state index contributed by atoms with van der Waals surface area (Å²) in [6, 6.07) is 19.8. The molecule has 0 saturated heterocycles. The third kappa shape index (κ3) is 3.32. The average molecular weight is 306 g/mol. The number of ether oxygens (including phenoxy) is 1. The zero-order valence-corrected chi connectivity index (χ0v) is 12.1. The first-order valence-corrected chi connectivity index (χ1v) is 7.03. The van der Waals surface area contributed by atoms with E-state index in [1.54, 1.807) is 24.3 Å². The van der Waals surface area contributed by atoms with Crippen LogP contribution in [0.1, 0.15) is 15.9 Å². The normalized spacial score (nSPS) is 10.3. The number of hydrogen-bond acceptors (Lipinski definition) is 4. The van der Waals surface area contributed by atoms with Gasteiger partial charge in [-0.05, 0) is 54.6 Å². The SMILES string of the molecule is O=C(c1ccc(Oc2ccccc2)cc1)c1cc(O)ccc1O. The van der Waals surface area contributed by atoms with Crippen LogP contribution < -0.4 is 4.74 Å². The standard InChI is InChI=1S/C19H14O4/c20-14-8-11-18(21)17(12-14)19(22)13-6-9-16(10-7-13)23-15-4-2-1-3-5-15/h1-12,20-21H. The van der Waals surface area contributed by atoms with Crippen LogP contribution in [0.15, 0.2) is 72.8 Å². The Labute approximate surface area is 133 Å². The van der Waals surface area contributed by atoms with Gasteiger partial charge in [0.2, 0.25) is 0 Å². The maximum Gasteiger partial charge on any atom is 0.196 e. The molecule has 0 aliphatic heterocycles. The van der Waals surface area contributed by atoms with Crippen LogP contribution in [-0.2, 0) is 0 Å². The Morgan fingerprint density at radius 1 is 0.783 bits per heavy atom. The third-order valence-corrected chi connectivity index (χ3v) is 3.32. The van der Waals surface area contributed by atoms with Crippen LogP contribution in [0.5, 0.6) is 23.0 Å². The Morgan fingerprint density at radius 3 is 2.13 bits per heavy atom. The van der Waals surface area contributed by atoms with E-state index in [1.807, 2.05) is 30.3 Å². The van der Waals surface area contributed by atoms with Crippen molar-refractivity contribution < 1.29 is 19.7 Å². The van der Waals surface area contributed by atoms with Crippen molar-refractivity contribution in [1.29, 1.82) is 0 Å². The van der Waals surface area contributed by atoms with Gasteiger partial charge < -0.3 is 14.9 Å². The van der Waals surface area contributed by atoms with Crippen LogP contribution in [0.4, 0.5) is 0 Å². The molecule has 0 bridgehead atoms. The topological polar surface area (TPSA) is 66.8 Å². The fourth-order valence-corrected chi connectivity index (χ4v) is 2.16. The second-order valence-electron chi connectivity index (χ2n) is 4.97. The van der Waals surface area contributed by atoms with Crippen LogP contribution in [0.3, 0.4) is 0 Å². The molecule has 4 nitrogen and oxygen atoms in total. The van der Waals surface area contributed by atoms with E-state index < -0.39 is 0 Å². The van der Waals surface area contributed by atoms with E-state index in [-0.39, 0.29) is 22.8 Å². The molecule has 0 radical (unpaired) electrons. The van der Waals surface area contributed by atoms with Crippen LogP contribution in [0, 0.1) is 0 Å². The zero-order chi connectivity index (χ0) is 16.2. The highest BCUT2D eigenvalue weighted by Crippen LogP contribution is 2.26. The highest BCUT2D eigenvalue weighted by molar-refractivity contribution is 6.10. The van der Waals surface area contributed by atoms with E-state index in [1.165, 1.54) is 18.2 Å². The number of phenolic OH excluding ortho intramolecular Hbond substituents is 2. The minimum atomic E-state index is -0.371. The summed E-state index contributed by atoms with van der Waals surface area (Å²) in [5.74, 6) is 0.697. The first kappa shape index (κ1) is 14.7. The van der Waals surface area contributed by atoms with Crippen LogP contribution in [0.25, 0.3) is 0 Å². The number of para-hydroxylation sites is 1. The smallest absolute Gasteiger partial charge is 0.196 e. The predicted molar refractivity (Wildman–Crippen MR) is 86.2 cm³/mol. The summed E-state index contributed by atoms with van der Waals surface area (Å²) in [4.78, 5) is 12.4. The summed E-state index contributed by atoms with van der Waals surface area (Å²) in [6.45, 7) is 0. The van der Waals surface area contributed by atoms with Gasteiger partial charge in [-0.2, -0.15) is 0 Å². The van der Waals surface area contributed by atoms with Crippen LogP contribution in [0.2, 0.25) is 0 Å². The van der Waals surface area contributed by atoms with Crippen molar-refractivity contribution in [3.63, 3.8) is 0 Å². The molecule has 3 aromatic rings. The molecule has 0 amide bonds. The molecule has 0 aliphatic rings. The lowest BCUT2D eigenvalue weighted by Gasteiger charge is -2.07. The van der Waals surface area contributed by atoms with Crippen molar-refractivity contribution in [3.8, 4) is 23.0 Å². The van der Waals surface area contributed by atoms with E-state index >= 15 is 0 Å². The second-order valence-corrected chi connectivity index (χ2v) is 4.97. The molecule has 0 aromatic heterocycles. The molecule has 2 N–H and O–H groups in total. The highest BCUT2D eigenvalue weighted by Gasteiger charge is 2.14. The molecule has 0 atom stereocenters. The van der Waals surface area contributed by atoms with Gasteiger partial charge in [0, 0.05) is 5.56 Å². The molecule has 0 heterocycles. The molecule has 0 saturated carbocycles. The molecule has 0 fully saturated rings. The number of carbonyl (C=O) groups is 1. The maximum absolute atomic E-state index is 12.4. The molecule has 0 spiro atoms. The summed E-state index contributed by atoms with van der Waals surface area (Å²) in [5.41, 5.74) is 0.452. The lowest BCUT2D eigenvalue weighted by atomic mass is 10.0. The molecule has 0 aliphatic carbocycles. The predicted octanol–water partition coefficient (Wildman–Crippen LogP) is 4.12. The molecular formula is C19H14O4. The molecule has 4 heteroatoms. The van der Waals surface area contributed by atoms with E-state index in [0.717, 1.165) is 0 Å². The van der Waals surface area contributed by atoms with E-state index in [0.29, 0.717) is 17.1 Å². The largest absolute Gasteiger partial charge is 0.508 e. The molecule has 3 rings (SSSR count). The monoisotopic (exact) mass is 306 g/mol. The number of carbonyl (C=O) groups excluding carboxylic acids is 1. The van der Waals surface area contributed by atoms with Crippen molar-refractivity contribution in [3.05, 3.63) is 83.9 Å². The van der Waals surface area contributed by atoms with Gasteiger partial charge in [-0.25, -0.2) is 0 Å². The zero-order valence-electron chi connectivity index (χ0n) is 12.1. The fourth-order valence-electron chi connectivity index (χ4n) is 2.16.